The number of nitrogens with zero attached hydrogens (tertiary/aromatic N) is 2. The summed E-state index contributed by atoms with van der Waals surface area (Å²) in [4.78, 5) is 18.8. The Morgan fingerprint density at radius 3 is 2.64 bits per heavy atom. The zero-order valence-corrected chi connectivity index (χ0v) is 13.6. The number of carbonyl (C=O) groups excluding carboxylic acids is 1. The van der Waals surface area contributed by atoms with Crippen LogP contribution in [-0.2, 0) is 4.79 Å². The molecule has 0 spiro atoms. The molecule has 22 heavy (non-hydrogen) atoms. The number of anilines is 2. The molecule has 0 atom stereocenters. The highest BCUT2D eigenvalue weighted by atomic mass is 16.1. The van der Waals surface area contributed by atoms with E-state index in [-0.39, 0.29) is 5.91 Å². The lowest BCUT2D eigenvalue weighted by Gasteiger charge is -2.21. The van der Waals surface area contributed by atoms with Crippen LogP contribution in [0.1, 0.15) is 37.4 Å². The molecule has 1 N–H and O–H groups in total. The Balaban J connectivity index is 2.10. The second kappa shape index (κ2) is 5.95. The molecule has 0 unspecified atom stereocenters. The Morgan fingerprint density at radius 1 is 1.23 bits per heavy atom. The van der Waals surface area contributed by atoms with Crippen molar-refractivity contribution in [2.75, 3.05) is 23.3 Å². The molecule has 2 heterocycles. The summed E-state index contributed by atoms with van der Waals surface area (Å²) < 4.78 is 0. The molecule has 0 saturated carbocycles. The third kappa shape index (κ3) is 2.78. The van der Waals surface area contributed by atoms with Crippen molar-refractivity contribution >= 4 is 28.2 Å². The van der Waals surface area contributed by atoms with Crippen LogP contribution in [0, 0.1) is 13.8 Å². The first kappa shape index (κ1) is 14.8. The van der Waals surface area contributed by atoms with Gasteiger partial charge in [0.2, 0.25) is 5.91 Å². The van der Waals surface area contributed by atoms with E-state index in [2.05, 4.69) is 27.3 Å². The number of carbonyl (C=O) groups is 1. The van der Waals surface area contributed by atoms with Crippen LogP contribution in [0.2, 0.25) is 0 Å². The average Bonchev–Trinajstić information content (AvgIpc) is 3.01. The van der Waals surface area contributed by atoms with E-state index in [4.69, 9.17) is 0 Å². The molecule has 1 aliphatic heterocycles. The van der Waals surface area contributed by atoms with Gasteiger partial charge in [-0.3, -0.25) is 9.78 Å². The monoisotopic (exact) mass is 297 g/mol. The van der Waals surface area contributed by atoms with Crippen LogP contribution in [0.15, 0.2) is 18.2 Å². The Kier molecular flexibility index (Phi) is 4.01. The third-order valence-electron chi connectivity index (χ3n) is 4.30. The number of hydrogen-bond donors (Lipinski definition) is 1. The number of amides is 1. The molecule has 1 fully saturated rings. The van der Waals surface area contributed by atoms with Crippen molar-refractivity contribution in [3.8, 4) is 0 Å². The van der Waals surface area contributed by atoms with Gasteiger partial charge in [0.05, 0.1) is 5.52 Å². The molecule has 0 aliphatic carbocycles. The Morgan fingerprint density at radius 2 is 1.95 bits per heavy atom. The lowest BCUT2D eigenvalue weighted by atomic mass is 10.1. The number of aromatic nitrogens is 1. The van der Waals surface area contributed by atoms with Gasteiger partial charge in [-0.25, -0.2) is 0 Å². The molecule has 2 aromatic rings. The molecule has 0 radical (unpaired) electrons. The third-order valence-corrected chi connectivity index (χ3v) is 4.30. The highest BCUT2D eigenvalue weighted by molar-refractivity contribution is 5.98. The maximum atomic E-state index is 11.7. The van der Waals surface area contributed by atoms with Gasteiger partial charge < -0.3 is 10.2 Å². The number of benzene rings is 1. The maximum absolute atomic E-state index is 11.7. The van der Waals surface area contributed by atoms with Crippen molar-refractivity contribution in [3.05, 3.63) is 29.5 Å². The summed E-state index contributed by atoms with van der Waals surface area (Å²) >= 11 is 0. The Labute approximate surface area is 131 Å². The van der Waals surface area contributed by atoms with E-state index in [1.165, 1.54) is 23.9 Å². The number of fused-ring (bicyclic) bond motifs is 1. The summed E-state index contributed by atoms with van der Waals surface area (Å²) in [6, 6.07) is 6.34. The van der Waals surface area contributed by atoms with Crippen molar-refractivity contribution in [2.24, 2.45) is 0 Å². The lowest BCUT2D eigenvalue weighted by molar-refractivity contribution is -0.115. The minimum atomic E-state index is 0.0369. The van der Waals surface area contributed by atoms with Crippen molar-refractivity contribution < 1.29 is 4.79 Å². The van der Waals surface area contributed by atoms with Crippen LogP contribution in [-0.4, -0.2) is 24.0 Å². The Hall–Kier alpha value is -2.10. The topological polar surface area (TPSA) is 45.2 Å². The van der Waals surface area contributed by atoms with Gasteiger partial charge >= 0.3 is 0 Å². The summed E-state index contributed by atoms with van der Waals surface area (Å²) in [5, 5.41) is 4.15. The van der Waals surface area contributed by atoms with Crippen molar-refractivity contribution in [2.45, 2.75) is 40.0 Å². The van der Waals surface area contributed by atoms with Gasteiger partial charge in [-0.2, -0.15) is 0 Å². The minimum absolute atomic E-state index is 0.0369. The number of aryl methyl sites for hydroxylation is 2. The number of rotatable bonds is 3. The molecular weight excluding hydrogens is 274 g/mol. The summed E-state index contributed by atoms with van der Waals surface area (Å²) in [6.07, 6.45) is 3.00. The van der Waals surface area contributed by atoms with Crippen LogP contribution in [0.3, 0.4) is 0 Å². The van der Waals surface area contributed by atoms with Gasteiger partial charge in [0.1, 0.15) is 0 Å². The molecule has 1 saturated heterocycles. The summed E-state index contributed by atoms with van der Waals surface area (Å²) in [5.41, 5.74) is 5.20. The van der Waals surface area contributed by atoms with Crippen LogP contribution >= 0.6 is 0 Å². The van der Waals surface area contributed by atoms with Gasteiger partial charge in [-0.15, -0.1) is 0 Å². The fraction of sp³-hybridized carbons (Fsp3) is 0.444. The van der Waals surface area contributed by atoms with Gasteiger partial charge in [-0.1, -0.05) is 6.92 Å². The molecule has 3 rings (SSSR count). The van der Waals surface area contributed by atoms with Crippen molar-refractivity contribution in [1.82, 2.24) is 4.98 Å². The van der Waals surface area contributed by atoms with E-state index in [0.717, 1.165) is 35.6 Å². The van der Waals surface area contributed by atoms with Crippen LogP contribution < -0.4 is 10.2 Å². The first-order valence-corrected chi connectivity index (χ1v) is 8.05. The average molecular weight is 297 g/mol. The number of nitrogens with one attached hydrogen (secondary N) is 1. The zero-order valence-electron chi connectivity index (χ0n) is 13.6. The van der Waals surface area contributed by atoms with Gasteiger partial charge in [-0.05, 0) is 50.5 Å². The summed E-state index contributed by atoms with van der Waals surface area (Å²) in [6.45, 7) is 8.17. The molecule has 116 valence electrons. The molecule has 4 nitrogen and oxygen atoms in total. The molecule has 1 aliphatic rings. The standard InChI is InChI=1S/C18H23N3O/c1-4-18(22)20-15-11-16-14(9-12(15)2)17(10-13(3)19-16)21-7-5-6-8-21/h9-11H,4-8H2,1-3H3,(H,20,22). The van der Waals surface area contributed by atoms with Crippen LogP contribution in [0.25, 0.3) is 10.9 Å². The maximum Gasteiger partial charge on any atom is 0.224 e. The fourth-order valence-corrected chi connectivity index (χ4v) is 3.08. The van der Waals surface area contributed by atoms with Gasteiger partial charge in [0.25, 0.3) is 0 Å². The molecule has 1 amide bonds. The van der Waals surface area contributed by atoms with Crippen LogP contribution in [0.4, 0.5) is 11.4 Å². The Bertz CT molecular complexity index is 718. The first-order valence-electron chi connectivity index (χ1n) is 8.05. The normalized spacial score (nSPS) is 14.6. The first-order chi connectivity index (χ1) is 10.6. The highest BCUT2D eigenvalue weighted by Crippen LogP contribution is 2.32. The minimum Gasteiger partial charge on any atom is -0.371 e. The molecule has 4 heteroatoms. The van der Waals surface area contributed by atoms with E-state index in [1.807, 2.05) is 26.8 Å². The lowest BCUT2D eigenvalue weighted by Crippen LogP contribution is -2.18. The van der Waals surface area contributed by atoms with E-state index >= 15 is 0 Å². The van der Waals surface area contributed by atoms with Gasteiger partial charge in [0, 0.05) is 42.0 Å². The molecule has 0 bridgehead atoms. The largest absolute Gasteiger partial charge is 0.371 e. The van der Waals surface area contributed by atoms with E-state index in [9.17, 15) is 4.79 Å². The predicted molar refractivity (Wildman–Crippen MR) is 91.6 cm³/mol. The summed E-state index contributed by atoms with van der Waals surface area (Å²) in [5.74, 6) is 0.0369. The molecule has 1 aromatic carbocycles. The number of pyridine rings is 1. The SMILES string of the molecule is CCC(=O)Nc1cc2nc(C)cc(N3CCCC3)c2cc1C. The zero-order chi connectivity index (χ0) is 15.7. The van der Waals surface area contributed by atoms with Crippen LogP contribution in [0.5, 0.6) is 0 Å². The highest BCUT2D eigenvalue weighted by Gasteiger charge is 2.17. The second-order valence-electron chi connectivity index (χ2n) is 6.06. The predicted octanol–water partition coefficient (Wildman–Crippen LogP) is 3.80. The number of hydrogen-bond acceptors (Lipinski definition) is 3. The van der Waals surface area contributed by atoms with E-state index in [0.29, 0.717) is 6.42 Å². The van der Waals surface area contributed by atoms with E-state index in [1.54, 1.807) is 0 Å². The fourth-order valence-electron chi connectivity index (χ4n) is 3.08. The van der Waals surface area contributed by atoms with Crippen molar-refractivity contribution in [3.63, 3.8) is 0 Å². The molecule has 1 aromatic heterocycles. The smallest absolute Gasteiger partial charge is 0.224 e. The second-order valence-corrected chi connectivity index (χ2v) is 6.06. The summed E-state index contributed by atoms with van der Waals surface area (Å²) in [7, 11) is 0. The molecular formula is C18H23N3O. The van der Waals surface area contributed by atoms with Gasteiger partial charge in [0.15, 0.2) is 0 Å². The quantitative estimate of drug-likeness (QED) is 0.937. The van der Waals surface area contributed by atoms with E-state index < -0.39 is 0 Å². The van der Waals surface area contributed by atoms with Crippen molar-refractivity contribution in [1.29, 1.82) is 0 Å².